The number of piperidine rings is 2. The highest BCUT2D eigenvalue weighted by molar-refractivity contribution is 6.29. The smallest absolute Gasteiger partial charge is 0.410 e. The molecule has 2 heterocycles. The van der Waals surface area contributed by atoms with Crippen molar-refractivity contribution >= 4 is 41.2 Å². The molecular weight excluding hydrogens is 579 g/mol. The molecule has 0 radical (unpaired) electrons. The third-order valence-corrected chi connectivity index (χ3v) is 7.35. The third-order valence-electron chi connectivity index (χ3n) is 7.04. The number of carbonyl (C=O) groups is 3. The lowest BCUT2D eigenvalue weighted by Crippen LogP contribution is -2.51. The molecule has 2 aliphatic rings. The maximum atomic E-state index is 12.2. The van der Waals surface area contributed by atoms with Gasteiger partial charge in [0, 0.05) is 42.4 Å². The molecule has 10 heteroatoms. The number of carbonyl (C=O) groups excluding carboxylic acids is 3. The van der Waals surface area contributed by atoms with Gasteiger partial charge in [0.25, 0.3) is 0 Å². The predicted molar refractivity (Wildman–Crippen MR) is 163 cm³/mol. The standard InChI is InChI=1S/C16H20ClNO3.C16H18ClNO3/c2*1-12(17)10-14-15(19)8-5-9-18(14)16(20)21-11-13-6-3-2-4-7-13/h2-4,6-7,14-15,19H,1,5,8-11H2;2-4,6-7,14H,1,5,8-11H2/t14-,15-;/m0./s1. The fraction of sp³-hybridized carbons (Fsp3) is 0.406. The monoisotopic (exact) mass is 616 g/mol. The number of nitrogens with zero attached hydrogens (tertiary/aromatic N) is 2. The van der Waals surface area contributed by atoms with E-state index in [2.05, 4.69) is 13.2 Å². The first kappa shape index (κ1) is 33.2. The average Bonchev–Trinajstić information content (AvgIpc) is 2.98. The Morgan fingerprint density at radius 3 is 1.83 bits per heavy atom. The highest BCUT2D eigenvalue weighted by atomic mass is 35.5. The molecule has 2 saturated heterocycles. The second-order valence-corrected chi connectivity index (χ2v) is 11.3. The molecule has 0 aliphatic carbocycles. The Hall–Kier alpha value is -3.33. The number of ether oxygens (including phenoxy) is 2. The quantitative estimate of drug-likeness (QED) is 0.351. The number of rotatable bonds is 8. The first-order chi connectivity index (χ1) is 20.2. The molecule has 2 fully saturated rings. The van der Waals surface area contributed by atoms with Crippen LogP contribution in [0.1, 0.15) is 49.7 Å². The number of hydrogen-bond acceptors (Lipinski definition) is 6. The molecule has 3 atom stereocenters. The lowest BCUT2D eigenvalue weighted by molar-refractivity contribution is -0.126. The maximum absolute atomic E-state index is 12.2. The van der Waals surface area contributed by atoms with Crippen molar-refractivity contribution in [1.29, 1.82) is 0 Å². The molecule has 42 heavy (non-hydrogen) atoms. The molecule has 8 nitrogen and oxygen atoms in total. The van der Waals surface area contributed by atoms with Crippen LogP contribution in [0.3, 0.4) is 0 Å². The minimum Gasteiger partial charge on any atom is -0.445 e. The predicted octanol–water partition coefficient (Wildman–Crippen LogP) is 6.79. The number of aliphatic hydroxyl groups is 1. The van der Waals surface area contributed by atoms with Gasteiger partial charge in [-0.3, -0.25) is 9.69 Å². The van der Waals surface area contributed by atoms with Gasteiger partial charge < -0.3 is 19.5 Å². The van der Waals surface area contributed by atoms with Crippen LogP contribution < -0.4 is 0 Å². The molecule has 2 amide bonds. The molecule has 4 rings (SSSR count). The van der Waals surface area contributed by atoms with Gasteiger partial charge in [-0.05, 0) is 30.4 Å². The number of likely N-dealkylation sites (tertiary alicyclic amines) is 2. The van der Waals surface area contributed by atoms with Crippen LogP contribution >= 0.6 is 23.2 Å². The zero-order chi connectivity index (χ0) is 30.5. The summed E-state index contributed by atoms with van der Waals surface area (Å²) >= 11 is 11.6. The van der Waals surface area contributed by atoms with E-state index in [0.29, 0.717) is 48.8 Å². The van der Waals surface area contributed by atoms with Crippen LogP contribution in [-0.2, 0) is 27.5 Å². The lowest BCUT2D eigenvalue weighted by Gasteiger charge is -2.38. The highest BCUT2D eigenvalue weighted by Gasteiger charge is 2.35. The molecule has 226 valence electrons. The summed E-state index contributed by atoms with van der Waals surface area (Å²) in [7, 11) is 0. The summed E-state index contributed by atoms with van der Waals surface area (Å²) in [5, 5.41) is 10.9. The number of ketones is 1. The third kappa shape index (κ3) is 10.5. The lowest BCUT2D eigenvalue weighted by atomic mass is 9.96. The second-order valence-electron chi connectivity index (χ2n) is 10.3. The molecule has 1 unspecified atom stereocenters. The van der Waals surface area contributed by atoms with E-state index < -0.39 is 24.3 Å². The van der Waals surface area contributed by atoms with Gasteiger partial charge in [-0.25, -0.2) is 9.59 Å². The number of aliphatic hydroxyl groups excluding tert-OH is 1. The zero-order valence-corrected chi connectivity index (χ0v) is 25.1. The van der Waals surface area contributed by atoms with E-state index in [-0.39, 0.29) is 31.5 Å². The molecule has 0 aromatic heterocycles. The van der Waals surface area contributed by atoms with Gasteiger partial charge in [0.15, 0.2) is 5.78 Å². The van der Waals surface area contributed by atoms with Crippen molar-refractivity contribution in [3.8, 4) is 0 Å². The van der Waals surface area contributed by atoms with Crippen LogP contribution in [0.25, 0.3) is 0 Å². The topological polar surface area (TPSA) is 96.4 Å². The molecule has 0 spiro atoms. The van der Waals surface area contributed by atoms with Gasteiger partial charge >= 0.3 is 12.2 Å². The van der Waals surface area contributed by atoms with E-state index in [1.165, 1.54) is 4.90 Å². The average molecular weight is 618 g/mol. The number of Topliss-reactive ketones (excluding diaryl/α,β-unsaturated/α-hetero) is 1. The number of halogens is 2. The van der Waals surface area contributed by atoms with Crippen molar-refractivity contribution in [2.75, 3.05) is 13.1 Å². The number of hydrogen-bond donors (Lipinski definition) is 1. The maximum Gasteiger partial charge on any atom is 0.410 e. The van der Waals surface area contributed by atoms with Gasteiger partial charge in [0.2, 0.25) is 0 Å². The Morgan fingerprint density at radius 2 is 1.31 bits per heavy atom. The summed E-state index contributed by atoms with van der Waals surface area (Å²) in [6.45, 7) is 8.75. The molecule has 0 bridgehead atoms. The first-order valence-electron chi connectivity index (χ1n) is 14.0. The fourth-order valence-electron chi connectivity index (χ4n) is 4.91. The van der Waals surface area contributed by atoms with Crippen LogP contribution in [0.5, 0.6) is 0 Å². The summed E-state index contributed by atoms with van der Waals surface area (Å²) in [4.78, 5) is 39.4. The van der Waals surface area contributed by atoms with E-state index in [0.717, 1.165) is 17.5 Å². The summed E-state index contributed by atoms with van der Waals surface area (Å²) in [6.07, 6.45) is 1.73. The van der Waals surface area contributed by atoms with Crippen LogP contribution in [-0.4, -0.2) is 64.2 Å². The second kappa shape index (κ2) is 16.9. The Bertz CT molecular complexity index is 1210. The summed E-state index contributed by atoms with van der Waals surface area (Å²) in [5.41, 5.74) is 1.84. The summed E-state index contributed by atoms with van der Waals surface area (Å²) in [6, 6.07) is 18.0. The van der Waals surface area contributed by atoms with Crippen LogP contribution in [0.4, 0.5) is 9.59 Å². The van der Waals surface area contributed by atoms with Crippen LogP contribution in [0.15, 0.2) is 83.9 Å². The first-order valence-corrected chi connectivity index (χ1v) is 14.7. The normalized spacial score (nSPS) is 20.2. The van der Waals surface area contributed by atoms with Crippen molar-refractivity contribution in [3.05, 3.63) is 95.0 Å². The minimum absolute atomic E-state index is 0.0136. The molecule has 2 aliphatic heterocycles. The van der Waals surface area contributed by atoms with E-state index >= 15 is 0 Å². The SMILES string of the molecule is C=C(Cl)CC1C(=O)CCCN1C(=O)OCc1ccccc1.C=C(Cl)C[C@H]1[C@@H](O)CCCN1C(=O)OCc1ccccc1. The zero-order valence-electron chi connectivity index (χ0n) is 23.6. The van der Waals surface area contributed by atoms with Crippen molar-refractivity contribution in [2.45, 2.75) is 69.9 Å². The Kier molecular flexibility index (Phi) is 13.4. The Labute approximate surface area is 257 Å². The van der Waals surface area contributed by atoms with Crippen molar-refractivity contribution in [1.82, 2.24) is 9.80 Å². The van der Waals surface area contributed by atoms with E-state index in [1.54, 1.807) is 4.90 Å². The largest absolute Gasteiger partial charge is 0.445 e. The van der Waals surface area contributed by atoms with Gasteiger partial charge in [-0.1, -0.05) is 97.0 Å². The Balaban J connectivity index is 0.000000230. The molecule has 2 aromatic carbocycles. The molecular formula is C32H38Cl2N2O6. The Morgan fingerprint density at radius 1 is 0.810 bits per heavy atom. The molecule has 1 N–H and O–H groups in total. The van der Waals surface area contributed by atoms with Crippen LogP contribution in [0.2, 0.25) is 0 Å². The van der Waals surface area contributed by atoms with E-state index in [9.17, 15) is 19.5 Å². The van der Waals surface area contributed by atoms with E-state index in [1.807, 2.05) is 60.7 Å². The molecule has 0 saturated carbocycles. The number of amides is 2. The van der Waals surface area contributed by atoms with Gasteiger partial charge in [-0.2, -0.15) is 0 Å². The van der Waals surface area contributed by atoms with Gasteiger partial charge in [-0.15, -0.1) is 0 Å². The van der Waals surface area contributed by atoms with Crippen molar-refractivity contribution in [3.63, 3.8) is 0 Å². The van der Waals surface area contributed by atoms with Gasteiger partial charge in [0.05, 0.1) is 18.2 Å². The van der Waals surface area contributed by atoms with E-state index in [4.69, 9.17) is 32.7 Å². The summed E-state index contributed by atoms with van der Waals surface area (Å²) < 4.78 is 10.6. The van der Waals surface area contributed by atoms with Crippen molar-refractivity contribution in [2.24, 2.45) is 0 Å². The van der Waals surface area contributed by atoms with Crippen molar-refractivity contribution < 1.29 is 29.0 Å². The fourth-order valence-corrected chi connectivity index (χ4v) is 5.22. The molecule has 2 aromatic rings. The van der Waals surface area contributed by atoms with Gasteiger partial charge in [0.1, 0.15) is 13.2 Å². The van der Waals surface area contributed by atoms with Crippen LogP contribution in [0, 0.1) is 0 Å². The minimum atomic E-state index is -0.585. The summed E-state index contributed by atoms with van der Waals surface area (Å²) in [5.74, 6) is 0.0136. The highest BCUT2D eigenvalue weighted by Crippen LogP contribution is 2.25. The number of benzene rings is 2.